The third kappa shape index (κ3) is 4.41. The number of hydrogen-bond donors (Lipinski definition) is 1. The van der Waals surface area contributed by atoms with Crippen LogP contribution in [-0.4, -0.2) is 38.8 Å². The predicted octanol–water partition coefficient (Wildman–Crippen LogP) is 5.68. The number of nitrogens with one attached hydrogen (secondary N) is 1. The molecule has 8 heteroatoms. The van der Waals surface area contributed by atoms with Crippen LogP contribution in [0.3, 0.4) is 0 Å². The Morgan fingerprint density at radius 2 is 1.73 bits per heavy atom. The van der Waals surface area contributed by atoms with Crippen molar-refractivity contribution in [1.29, 1.82) is 0 Å². The molecule has 0 radical (unpaired) electrons. The molecule has 0 aliphatic carbocycles. The summed E-state index contributed by atoms with van der Waals surface area (Å²) in [6.07, 6.45) is 0.564. The normalized spacial score (nSPS) is 14.9. The van der Waals surface area contributed by atoms with Crippen LogP contribution in [0.5, 0.6) is 17.2 Å². The van der Waals surface area contributed by atoms with E-state index in [9.17, 15) is 4.79 Å². The number of urea groups is 1. The van der Waals surface area contributed by atoms with Crippen molar-refractivity contribution in [3.8, 4) is 17.2 Å². The second-order valence-corrected chi connectivity index (χ2v) is 7.95. The van der Waals surface area contributed by atoms with Crippen LogP contribution in [0.15, 0.2) is 54.6 Å². The number of amides is 2. The Hall–Kier alpha value is -3.45. The van der Waals surface area contributed by atoms with Crippen LogP contribution in [0.2, 0.25) is 5.02 Å². The number of anilines is 1. The van der Waals surface area contributed by atoms with Gasteiger partial charge in [-0.1, -0.05) is 17.7 Å². The van der Waals surface area contributed by atoms with Gasteiger partial charge in [-0.25, -0.2) is 9.18 Å². The molecule has 1 heterocycles. The van der Waals surface area contributed by atoms with E-state index in [2.05, 4.69) is 5.32 Å². The number of benzene rings is 3. The topological polar surface area (TPSA) is 60.0 Å². The van der Waals surface area contributed by atoms with Gasteiger partial charge in [-0.15, -0.1) is 0 Å². The zero-order chi connectivity index (χ0) is 23.5. The Kier molecular flexibility index (Phi) is 6.60. The summed E-state index contributed by atoms with van der Waals surface area (Å²) in [5.74, 6) is 1.26. The van der Waals surface area contributed by atoms with E-state index < -0.39 is 11.9 Å². The summed E-state index contributed by atoms with van der Waals surface area (Å²) < 4.78 is 31.2. The van der Waals surface area contributed by atoms with Gasteiger partial charge in [-0.05, 0) is 66.1 Å². The summed E-state index contributed by atoms with van der Waals surface area (Å²) in [6, 6.07) is 14.0. The van der Waals surface area contributed by atoms with Crippen molar-refractivity contribution in [1.82, 2.24) is 4.90 Å². The maximum Gasteiger partial charge on any atom is 0.322 e. The zero-order valence-electron chi connectivity index (χ0n) is 18.5. The van der Waals surface area contributed by atoms with Crippen molar-refractivity contribution in [2.24, 2.45) is 0 Å². The van der Waals surface area contributed by atoms with Crippen LogP contribution >= 0.6 is 11.6 Å². The molecule has 1 atom stereocenters. The monoisotopic (exact) mass is 470 g/mol. The fraction of sp³-hybridized carbons (Fsp3) is 0.240. The van der Waals surface area contributed by atoms with Crippen LogP contribution in [0.4, 0.5) is 14.9 Å². The second-order valence-electron chi connectivity index (χ2n) is 7.55. The van der Waals surface area contributed by atoms with Gasteiger partial charge >= 0.3 is 6.03 Å². The summed E-state index contributed by atoms with van der Waals surface area (Å²) in [5, 5.41) is 3.13. The first kappa shape index (κ1) is 22.7. The quantitative estimate of drug-likeness (QED) is 0.521. The highest BCUT2D eigenvalue weighted by Gasteiger charge is 2.36. The van der Waals surface area contributed by atoms with Gasteiger partial charge in [0, 0.05) is 22.8 Å². The lowest BCUT2D eigenvalue weighted by molar-refractivity contribution is 0.192. The van der Waals surface area contributed by atoms with Crippen LogP contribution < -0.4 is 19.5 Å². The highest BCUT2D eigenvalue weighted by atomic mass is 35.5. The first-order valence-corrected chi connectivity index (χ1v) is 10.7. The molecule has 33 heavy (non-hydrogen) atoms. The standard InChI is InChI=1S/C25H24ClFN2O4/c1-31-17-9-7-16(8-10-17)28-25(30)29-12-11-15-13-21(32-2)22(33-3)14-18(15)24(29)23-19(26)5-4-6-20(23)27/h4-10,13-14,24H,11-12H2,1-3H3,(H,28,30). The molecule has 0 spiro atoms. The summed E-state index contributed by atoms with van der Waals surface area (Å²) in [4.78, 5) is 15.0. The molecule has 3 aromatic carbocycles. The molecule has 0 aromatic heterocycles. The number of carbonyl (C=O) groups is 1. The van der Waals surface area contributed by atoms with Gasteiger partial charge < -0.3 is 24.4 Å². The SMILES string of the molecule is COc1ccc(NC(=O)N2CCc3cc(OC)c(OC)cc3C2c2c(F)cccc2Cl)cc1. The van der Waals surface area contributed by atoms with Gasteiger partial charge in [-0.2, -0.15) is 0 Å². The van der Waals surface area contributed by atoms with Crippen LogP contribution in [-0.2, 0) is 6.42 Å². The van der Waals surface area contributed by atoms with E-state index in [1.54, 1.807) is 61.6 Å². The van der Waals surface area contributed by atoms with Crippen LogP contribution in [0, 0.1) is 5.82 Å². The fourth-order valence-electron chi connectivity index (χ4n) is 4.12. The Labute approximate surface area is 196 Å². The summed E-state index contributed by atoms with van der Waals surface area (Å²) in [5.41, 5.74) is 2.50. The van der Waals surface area contributed by atoms with Crippen molar-refractivity contribution in [3.63, 3.8) is 0 Å². The molecule has 0 saturated heterocycles. The van der Waals surface area contributed by atoms with E-state index in [-0.39, 0.29) is 16.6 Å². The highest BCUT2D eigenvalue weighted by molar-refractivity contribution is 6.31. The smallest absolute Gasteiger partial charge is 0.322 e. The van der Waals surface area contributed by atoms with E-state index >= 15 is 4.39 Å². The lowest BCUT2D eigenvalue weighted by atomic mass is 9.87. The number of ether oxygens (including phenoxy) is 3. The average molecular weight is 471 g/mol. The lowest BCUT2D eigenvalue weighted by Crippen LogP contribution is -2.43. The maximum atomic E-state index is 15.1. The largest absolute Gasteiger partial charge is 0.497 e. The molecule has 1 aliphatic rings. The Morgan fingerprint density at radius 1 is 1.03 bits per heavy atom. The summed E-state index contributed by atoms with van der Waals surface area (Å²) in [7, 11) is 4.67. The molecule has 1 N–H and O–H groups in total. The molecule has 6 nitrogen and oxygen atoms in total. The van der Waals surface area contributed by atoms with E-state index in [1.165, 1.54) is 13.2 Å². The van der Waals surface area contributed by atoms with E-state index in [0.717, 1.165) is 11.1 Å². The molecule has 4 rings (SSSR count). The van der Waals surface area contributed by atoms with E-state index in [0.29, 0.717) is 35.9 Å². The third-order valence-electron chi connectivity index (χ3n) is 5.75. The molecule has 0 saturated carbocycles. The van der Waals surface area contributed by atoms with Crippen molar-refractivity contribution >= 4 is 23.3 Å². The van der Waals surface area contributed by atoms with Gasteiger partial charge in [-0.3, -0.25) is 0 Å². The van der Waals surface area contributed by atoms with Gasteiger partial charge in [0.05, 0.1) is 27.4 Å². The summed E-state index contributed by atoms with van der Waals surface area (Å²) in [6.45, 7) is 0.361. The van der Waals surface area contributed by atoms with Crippen molar-refractivity contribution < 1.29 is 23.4 Å². The Morgan fingerprint density at radius 3 is 2.36 bits per heavy atom. The molecule has 172 valence electrons. The van der Waals surface area contributed by atoms with Crippen molar-refractivity contribution in [2.75, 3.05) is 33.2 Å². The minimum absolute atomic E-state index is 0.234. The fourth-order valence-corrected chi connectivity index (χ4v) is 4.38. The maximum absolute atomic E-state index is 15.1. The van der Waals surface area contributed by atoms with Crippen molar-refractivity contribution in [2.45, 2.75) is 12.5 Å². The molecular formula is C25H24ClFN2O4. The molecule has 0 bridgehead atoms. The molecule has 2 amide bonds. The number of fused-ring (bicyclic) bond motifs is 1. The number of halogens is 2. The number of nitrogens with zero attached hydrogens (tertiary/aromatic N) is 1. The minimum Gasteiger partial charge on any atom is -0.497 e. The lowest BCUT2D eigenvalue weighted by Gasteiger charge is -2.38. The molecule has 3 aromatic rings. The van der Waals surface area contributed by atoms with Crippen LogP contribution in [0.1, 0.15) is 22.7 Å². The Balaban J connectivity index is 1.79. The zero-order valence-corrected chi connectivity index (χ0v) is 19.3. The first-order chi connectivity index (χ1) is 16.0. The summed E-state index contributed by atoms with van der Waals surface area (Å²) >= 11 is 6.46. The van der Waals surface area contributed by atoms with Gasteiger partial charge in [0.2, 0.25) is 0 Å². The first-order valence-electron chi connectivity index (χ1n) is 10.4. The minimum atomic E-state index is -0.750. The molecule has 0 fully saturated rings. The molecule has 1 unspecified atom stereocenters. The van der Waals surface area contributed by atoms with Crippen LogP contribution in [0.25, 0.3) is 0 Å². The van der Waals surface area contributed by atoms with Gasteiger partial charge in [0.1, 0.15) is 11.6 Å². The number of methoxy groups -OCH3 is 3. The highest BCUT2D eigenvalue weighted by Crippen LogP contribution is 2.43. The van der Waals surface area contributed by atoms with E-state index in [4.69, 9.17) is 25.8 Å². The molecule has 1 aliphatic heterocycles. The second kappa shape index (κ2) is 9.58. The predicted molar refractivity (Wildman–Crippen MR) is 125 cm³/mol. The number of hydrogen-bond acceptors (Lipinski definition) is 4. The number of rotatable bonds is 5. The van der Waals surface area contributed by atoms with Gasteiger partial charge in [0.15, 0.2) is 11.5 Å². The van der Waals surface area contributed by atoms with E-state index in [1.807, 2.05) is 6.07 Å². The van der Waals surface area contributed by atoms with Gasteiger partial charge in [0.25, 0.3) is 0 Å². The number of carbonyl (C=O) groups excluding carboxylic acids is 1. The van der Waals surface area contributed by atoms with Crippen molar-refractivity contribution in [3.05, 3.63) is 82.1 Å². The third-order valence-corrected chi connectivity index (χ3v) is 6.08. The average Bonchev–Trinajstić information content (AvgIpc) is 2.83. The Bertz CT molecular complexity index is 1150. The molecular weight excluding hydrogens is 447 g/mol.